The van der Waals surface area contributed by atoms with E-state index >= 15 is 0 Å². The van der Waals surface area contributed by atoms with Crippen LogP contribution in [0, 0.1) is 0 Å². The van der Waals surface area contributed by atoms with Gasteiger partial charge in [0, 0.05) is 13.1 Å². The highest BCUT2D eigenvalue weighted by atomic mass is 16.6. The Morgan fingerprint density at radius 3 is 2.83 bits per heavy atom. The summed E-state index contributed by atoms with van der Waals surface area (Å²) in [4.78, 5) is 25.8. The molecule has 0 radical (unpaired) electrons. The summed E-state index contributed by atoms with van der Waals surface area (Å²) in [6.45, 7) is -0.427. The van der Waals surface area contributed by atoms with Gasteiger partial charge in [0.05, 0.1) is 49.5 Å². The average Bonchev–Trinajstić information content (AvgIpc) is 3.46. The number of rotatable bonds is 5. The summed E-state index contributed by atoms with van der Waals surface area (Å²) in [5.41, 5.74) is 0.303. The second-order valence-corrected chi connectivity index (χ2v) is 8.47. The Hall–Kier alpha value is -2.34. The topological polar surface area (TPSA) is 141 Å². The van der Waals surface area contributed by atoms with Crippen LogP contribution in [0.4, 0.5) is 0 Å². The number of amides is 1. The highest BCUT2D eigenvalue weighted by Crippen LogP contribution is 2.63. The third-order valence-corrected chi connectivity index (χ3v) is 6.34. The van der Waals surface area contributed by atoms with E-state index in [9.17, 15) is 24.7 Å². The Kier molecular flexibility index (Phi) is 4.66. The Labute approximate surface area is 172 Å². The van der Waals surface area contributed by atoms with E-state index in [0.717, 1.165) is 6.54 Å². The van der Waals surface area contributed by atoms with Gasteiger partial charge in [-0.05, 0) is 17.5 Å². The molecule has 3 aliphatic heterocycles. The number of carbonyl (C=O) groups excluding carboxylic acids is 2. The minimum absolute atomic E-state index is 0.0368. The van der Waals surface area contributed by atoms with E-state index in [1.165, 1.54) is 0 Å². The maximum Gasteiger partial charge on any atom is 0.434 e. The minimum atomic E-state index is -3.11. The highest BCUT2D eigenvalue weighted by Gasteiger charge is 2.55. The molecule has 0 unspecified atom stereocenters. The summed E-state index contributed by atoms with van der Waals surface area (Å²) in [5, 5.41) is 35.1. The second-order valence-electron chi connectivity index (χ2n) is 8.47. The van der Waals surface area contributed by atoms with E-state index < -0.39 is 18.5 Å². The molecule has 0 bridgehead atoms. The molecule has 0 spiro atoms. The predicted molar refractivity (Wildman–Crippen MR) is 101 cm³/mol. The van der Waals surface area contributed by atoms with Crippen LogP contribution in [-0.2, 0) is 9.53 Å². The monoisotopic (exact) mass is 418 g/mol. The first-order valence-corrected chi connectivity index (χ1v) is 10.3. The van der Waals surface area contributed by atoms with Crippen molar-refractivity contribution in [2.75, 3.05) is 32.8 Å². The zero-order chi connectivity index (χ0) is 21.0. The second kappa shape index (κ2) is 7.12. The molecule has 30 heavy (non-hydrogen) atoms. The van der Waals surface area contributed by atoms with Crippen LogP contribution in [0.3, 0.4) is 0 Å². The number of likely N-dealkylation sites (tertiary alicyclic amines) is 1. The Morgan fingerprint density at radius 2 is 2.13 bits per heavy atom. The molecule has 3 heterocycles. The molecular weight excluding hydrogens is 395 g/mol. The summed E-state index contributed by atoms with van der Waals surface area (Å²) in [7, 11) is 0. The summed E-state index contributed by atoms with van der Waals surface area (Å²) < 4.78 is 16.6. The van der Waals surface area contributed by atoms with Gasteiger partial charge in [0.1, 0.15) is 11.9 Å². The van der Waals surface area contributed by atoms with Gasteiger partial charge in [-0.15, -0.1) is 0 Å². The van der Waals surface area contributed by atoms with E-state index in [0.29, 0.717) is 38.2 Å². The summed E-state index contributed by atoms with van der Waals surface area (Å²) in [6.07, 6.45) is 0.314. The first-order chi connectivity index (χ1) is 14.3. The number of carbonyl (C=O) groups is 2. The average molecular weight is 418 g/mol. The van der Waals surface area contributed by atoms with Crippen molar-refractivity contribution < 1.29 is 38.9 Å². The predicted octanol–water partition coefficient (Wildman–Crippen LogP) is -1.81. The number of carboxylic acid groups (broad SMARTS) is 1. The Balaban J connectivity index is 1.25. The quantitative estimate of drug-likeness (QED) is 0.472. The molecule has 162 valence electrons. The number of morpholine rings is 1. The van der Waals surface area contributed by atoms with Crippen molar-refractivity contribution in [3.8, 4) is 11.5 Å². The molecule has 5 rings (SSSR count). The van der Waals surface area contributed by atoms with Gasteiger partial charge >= 0.3 is 6.75 Å². The van der Waals surface area contributed by atoms with Gasteiger partial charge < -0.3 is 44.3 Å². The fraction of sp³-hybridized carbons (Fsp3) is 0.579. The third kappa shape index (κ3) is 3.41. The number of benzene rings is 1. The number of ether oxygens (including phenoxy) is 2. The van der Waals surface area contributed by atoms with Gasteiger partial charge in [0.2, 0.25) is 5.91 Å². The maximum absolute atomic E-state index is 12.4. The molecule has 10 nitrogen and oxygen atoms in total. The summed E-state index contributed by atoms with van der Waals surface area (Å²) in [6, 6.07) is 3.24. The molecule has 4 aliphatic rings. The molecule has 3 fully saturated rings. The lowest BCUT2D eigenvalue weighted by Crippen LogP contribution is -2.57. The molecule has 11 heteroatoms. The van der Waals surface area contributed by atoms with Crippen molar-refractivity contribution in [2.45, 2.75) is 36.8 Å². The van der Waals surface area contributed by atoms with Crippen molar-refractivity contribution >= 4 is 18.6 Å². The third-order valence-electron chi connectivity index (χ3n) is 6.34. The van der Waals surface area contributed by atoms with E-state index in [1.54, 1.807) is 17.0 Å². The van der Waals surface area contributed by atoms with Crippen LogP contribution in [0.25, 0.3) is 0 Å². The smallest absolute Gasteiger partial charge is 0.434 e. The number of hydrogen-bond acceptors (Lipinski definition) is 9. The lowest BCUT2D eigenvalue weighted by atomic mass is 9.68. The SMILES string of the molecule is O=C([O-])c1c(OC2CN(C(=O)C[C@H]3CNCCO3)C2)ccc2c1O[B-](O)(O)[C@@H]1C[C@H]21. The lowest BCUT2D eigenvalue weighted by Gasteiger charge is -2.41. The van der Waals surface area contributed by atoms with Crippen molar-refractivity contribution in [1.82, 2.24) is 10.2 Å². The molecule has 1 amide bonds. The molecule has 3 N–H and O–H groups in total. The summed E-state index contributed by atoms with van der Waals surface area (Å²) >= 11 is 0. The molecule has 1 aromatic rings. The van der Waals surface area contributed by atoms with E-state index in [-0.39, 0.29) is 47.5 Å². The Bertz CT molecular complexity index is 882. The number of carboxylic acids is 1. The van der Waals surface area contributed by atoms with Crippen LogP contribution in [0.5, 0.6) is 11.5 Å². The van der Waals surface area contributed by atoms with E-state index in [1.807, 2.05) is 0 Å². The molecule has 0 aromatic heterocycles. The van der Waals surface area contributed by atoms with Gasteiger partial charge in [0.25, 0.3) is 0 Å². The van der Waals surface area contributed by atoms with E-state index in [2.05, 4.69) is 5.32 Å². The zero-order valence-electron chi connectivity index (χ0n) is 16.3. The molecule has 1 aromatic carbocycles. The van der Waals surface area contributed by atoms with Crippen LogP contribution in [0.1, 0.15) is 34.7 Å². The van der Waals surface area contributed by atoms with Gasteiger partial charge in [-0.3, -0.25) is 4.79 Å². The number of nitrogens with one attached hydrogen (secondary N) is 1. The van der Waals surface area contributed by atoms with E-state index in [4.69, 9.17) is 14.1 Å². The fourth-order valence-electron chi connectivity index (χ4n) is 4.57. The first kappa shape index (κ1) is 19.6. The minimum Gasteiger partial charge on any atom is -0.669 e. The van der Waals surface area contributed by atoms with Gasteiger partial charge in [0.15, 0.2) is 0 Å². The van der Waals surface area contributed by atoms with Crippen LogP contribution in [-0.4, -0.2) is 78.6 Å². The van der Waals surface area contributed by atoms with Gasteiger partial charge in [-0.25, -0.2) is 0 Å². The normalized spacial score (nSPS) is 29.1. The molecular formula is C19H23BN2O8-2. The molecule has 2 saturated heterocycles. The molecule has 3 atom stereocenters. The van der Waals surface area contributed by atoms with Crippen molar-refractivity contribution in [3.63, 3.8) is 0 Å². The van der Waals surface area contributed by atoms with Crippen molar-refractivity contribution in [3.05, 3.63) is 23.3 Å². The fourth-order valence-corrected chi connectivity index (χ4v) is 4.57. The molecule has 1 aliphatic carbocycles. The maximum atomic E-state index is 12.4. The van der Waals surface area contributed by atoms with Crippen molar-refractivity contribution in [2.24, 2.45) is 0 Å². The van der Waals surface area contributed by atoms with Crippen molar-refractivity contribution in [1.29, 1.82) is 0 Å². The van der Waals surface area contributed by atoms with Gasteiger partial charge in [-0.1, -0.05) is 18.3 Å². The van der Waals surface area contributed by atoms with Crippen LogP contribution in [0.15, 0.2) is 12.1 Å². The van der Waals surface area contributed by atoms with Gasteiger partial charge in [-0.2, -0.15) is 0 Å². The summed E-state index contributed by atoms with van der Waals surface area (Å²) in [5.74, 6) is -2.15. The largest absolute Gasteiger partial charge is 0.669 e. The number of hydrogen-bond donors (Lipinski definition) is 3. The number of nitrogens with zero attached hydrogens (tertiary/aromatic N) is 1. The zero-order valence-corrected chi connectivity index (χ0v) is 16.3. The highest BCUT2D eigenvalue weighted by molar-refractivity contribution is 6.62. The van der Waals surface area contributed by atoms with Crippen LogP contribution < -0.4 is 19.8 Å². The number of aromatic carboxylic acids is 1. The number of fused-ring (bicyclic) bond motifs is 3. The first-order valence-electron chi connectivity index (χ1n) is 10.3. The van der Waals surface area contributed by atoms with Crippen LogP contribution >= 0.6 is 0 Å². The van der Waals surface area contributed by atoms with Crippen LogP contribution in [0.2, 0.25) is 5.82 Å². The lowest BCUT2D eigenvalue weighted by molar-refractivity contribution is -0.255. The molecule has 1 saturated carbocycles. The Morgan fingerprint density at radius 1 is 1.33 bits per heavy atom. The standard InChI is InChI=1S/C19H24BN2O8/c23-16(5-10-7-21-3-4-28-10)22-8-11(9-22)29-15-2-1-12-13-6-14(13)20(26,27)30-18(12)17(15)19(24)25/h1-2,10-11,13-14,21,26-27H,3-9H2,(H,24,25)/q-1/p-1/t10-,13+,14+/m0/s1.